The van der Waals surface area contributed by atoms with Crippen molar-refractivity contribution >= 4 is 28.3 Å². The minimum atomic E-state index is -0.236. The van der Waals surface area contributed by atoms with Gasteiger partial charge in [-0.15, -0.1) is 0 Å². The predicted octanol–water partition coefficient (Wildman–Crippen LogP) is 4.51. The summed E-state index contributed by atoms with van der Waals surface area (Å²) in [6.45, 7) is 2.98. The van der Waals surface area contributed by atoms with E-state index in [-0.39, 0.29) is 11.5 Å². The number of rotatable bonds is 7. The summed E-state index contributed by atoms with van der Waals surface area (Å²) in [5, 5.41) is 6.15. The fraction of sp³-hybridized carbons (Fsp3) is 0.318. The van der Waals surface area contributed by atoms with Crippen LogP contribution in [0.15, 0.2) is 53.3 Å². The maximum Gasteiger partial charge on any atom is 0.274 e. The van der Waals surface area contributed by atoms with E-state index in [2.05, 4.69) is 12.0 Å². The lowest BCUT2D eigenvalue weighted by Gasteiger charge is -2.19. The smallest absolute Gasteiger partial charge is 0.274 e. The number of fused-ring (bicyclic) bond motifs is 1. The predicted molar refractivity (Wildman–Crippen MR) is 113 cm³/mol. The van der Waals surface area contributed by atoms with Crippen molar-refractivity contribution in [2.24, 2.45) is 0 Å². The van der Waals surface area contributed by atoms with Crippen LogP contribution in [0.5, 0.6) is 0 Å². The van der Waals surface area contributed by atoms with Crippen LogP contribution in [0.1, 0.15) is 42.2 Å². The molecule has 0 N–H and O–H groups in total. The second kappa shape index (κ2) is 9.02. The Kier molecular flexibility index (Phi) is 6.47. The standard InChI is InChI=1S/C22H24ClN3O2/c1-3-4-9-14-26-21(27)18-12-7-6-11-17(18)20(24-26)22(28)25(2)15-16-10-5-8-13-19(16)23/h5-8,10-13H,3-4,9,14-15H2,1-2H3. The lowest BCUT2D eigenvalue weighted by Crippen LogP contribution is -2.32. The van der Waals surface area contributed by atoms with Crippen molar-refractivity contribution in [3.63, 3.8) is 0 Å². The molecule has 3 aromatic rings. The Morgan fingerprint density at radius 2 is 1.75 bits per heavy atom. The van der Waals surface area contributed by atoms with Gasteiger partial charge in [0.15, 0.2) is 5.69 Å². The van der Waals surface area contributed by atoms with Crippen LogP contribution in [0, 0.1) is 0 Å². The average Bonchev–Trinajstić information content (AvgIpc) is 2.71. The van der Waals surface area contributed by atoms with E-state index in [1.54, 1.807) is 30.1 Å². The van der Waals surface area contributed by atoms with Crippen LogP contribution in [0.4, 0.5) is 0 Å². The monoisotopic (exact) mass is 397 g/mol. The molecule has 0 saturated carbocycles. The molecule has 5 nitrogen and oxygen atoms in total. The lowest BCUT2D eigenvalue weighted by atomic mass is 10.1. The highest BCUT2D eigenvalue weighted by Crippen LogP contribution is 2.19. The highest BCUT2D eigenvalue weighted by molar-refractivity contribution is 6.31. The molecule has 0 atom stereocenters. The molecule has 0 spiro atoms. The quantitative estimate of drug-likeness (QED) is 0.551. The molecule has 3 rings (SSSR count). The molecule has 0 unspecified atom stereocenters. The molecule has 146 valence electrons. The van der Waals surface area contributed by atoms with E-state index in [4.69, 9.17) is 11.6 Å². The Morgan fingerprint density at radius 3 is 2.46 bits per heavy atom. The third-order valence-corrected chi connectivity index (χ3v) is 5.12. The van der Waals surface area contributed by atoms with Gasteiger partial charge in [-0.05, 0) is 24.1 Å². The van der Waals surface area contributed by atoms with Crippen LogP contribution >= 0.6 is 11.6 Å². The third-order valence-electron chi connectivity index (χ3n) is 4.76. The Balaban J connectivity index is 1.98. The Labute approximate surface area is 169 Å². The average molecular weight is 398 g/mol. The van der Waals surface area contributed by atoms with Gasteiger partial charge in [0.1, 0.15) is 0 Å². The van der Waals surface area contributed by atoms with Crippen molar-refractivity contribution in [1.29, 1.82) is 0 Å². The number of halogens is 1. The van der Waals surface area contributed by atoms with Gasteiger partial charge in [0.25, 0.3) is 11.5 Å². The van der Waals surface area contributed by atoms with Crippen molar-refractivity contribution in [2.75, 3.05) is 7.05 Å². The number of aryl methyl sites for hydroxylation is 1. The molecule has 0 saturated heterocycles. The third kappa shape index (κ3) is 4.25. The minimum absolute atomic E-state index is 0.156. The highest BCUT2D eigenvalue weighted by atomic mass is 35.5. The van der Waals surface area contributed by atoms with E-state index in [9.17, 15) is 9.59 Å². The second-order valence-electron chi connectivity index (χ2n) is 6.88. The maximum atomic E-state index is 13.2. The first-order valence-corrected chi connectivity index (χ1v) is 9.89. The Bertz CT molecular complexity index is 1050. The molecule has 0 aliphatic carbocycles. The second-order valence-corrected chi connectivity index (χ2v) is 7.29. The van der Waals surface area contributed by atoms with E-state index in [0.29, 0.717) is 34.6 Å². The van der Waals surface area contributed by atoms with Crippen LogP contribution in [-0.4, -0.2) is 27.6 Å². The summed E-state index contributed by atoms with van der Waals surface area (Å²) in [6, 6.07) is 14.6. The summed E-state index contributed by atoms with van der Waals surface area (Å²) in [5.41, 5.74) is 0.999. The van der Waals surface area contributed by atoms with Crippen molar-refractivity contribution in [1.82, 2.24) is 14.7 Å². The fourth-order valence-corrected chi connectivity index (χ4v) is 3.39. The lowest BCUT2D eigenvalue weighted by molar-refractivity contribution is 0.0778. The minimum Gasteiger partial charge on any atom is -0.336 e. The van der Waals surface area contributed by atoms with Crippen LogP contribution in [0.2, 0.25) is 5.02 Å². The summed E-state index contributed by atoms with van der Waals surface area (Å²) >= 11 is 6.23. The Hall–Kier alpha value is -2.66. The molecule has 0 aliphatic heterocycles. The summed E-state index contributed by atoms with van der Waals surface area (Å²) in [4.78, 5) is 27.5. The van der Waals surface area contributed by atoms with Gasteiger partial charge in [-0.1, -0.05) is 67.8 Å². The molecule has 6 heteroatoms. The Morgan fingerprint density at radius 1 is 1.07 bits per heavy atom. The summed E-state index contributed by atoms with van der Waals surface area (Å²) in [7, 11) is 1.72. The van der Waals surface area contributed by atoms with Crippen molar-refractivity contribution < 1.29 is 4.79 Å². The highest BCUT2D eigenvalue weighted by Gasteiger charge is 2.20. The largest absolute Gasteiger partial charge is 0.336 e. The van der Waals surface area contributed by atoms with Gasteiger partial charge in [-0.3, -0.25) is 9.59 Å². The van der Waals surface area contributed by atoms with E-state index in [1.165, 1.54) is 4.68 Å². The fourth-order valence-electron chi connectivity index (χ4n) is 3.19. The summed E-state index contributed by atoms with van der Waals surface area (Å²) < 4.78 is 1.43. The number of unbranched alkanes of at least 4 members (excludes halogenated alkanes) is 2. The van der Waals surface area contributed by atoms with Crippen molar-refractivity contribution in [2.45, 2.75) is 39.3 Å². The summed E-state index contributed by atoms with van der Waals surface area (Å²) in [5.74, 6) is -0.236. The number of nitrogens with zero attached hydrogens (tertiary/aromatic N) is 3. The molecule has 1 aromatic heterocycles. The zero-order valence-corrected chi connectivity index (χ0v) is 16.9. The molecule has 2 aromatic carbocycles. The van der Waals surface area contributed by atoms with Crippen LogP contribution in [0.25, 0.3) is 10.8 Å². The van der Waals surface area contributed by atoms with Gasteiger partial charge in [0, 0.05) is 30.5 Å². The van der Waals surface area contributed by atoms with Crippen LogP contribution < -0.4 is 5.56 Å². The number of carbonyl (C=O) groups excluding carboxylic acids is 1. The zero-order valence-electron chi connectivity index (χ0n) is 16.2. The van der Waals surface area contributed by atoms with E-state index < -0.39 is 0 Å². The SMILES string of the molecule is CCCCCn1nc(C(=O)N(C)Cc2ccccc2Cl)c2ccccc2c1=O. The molecule has 0 radical (unpaired) electrons. The molecular weight excluding hydrogens is 374 g/mol. The number of carbonyl (C=O) groups is 1. The maximum absolute atomic E-state index is 13.2. The van der Waals surface area contributed by atoms with Gasteiger partial charge in [0.05, 0.1) is 5.39 Å². The number of amides is 1. The van der Waals surface area contributed by atoms with Gasteiger partial charge < -0.3 is 4.90 Å². The first-order valence-electron chi connectivity index (χ1n) is 9.51. The number of hydrogen-bond acceptors (Lipinski definition) is 3. The van der Waals surface area contributed by atoms with Gasteiger partial charge >= 0.3 is 0 Å². The van der Waals surface area contributed by atoms with Crippen LogP contribution in [-0.2, 0) is 13.1 Å². The molecule has 0 bridgehead atoms. The zero-order chi connectivity index (χ0) is 20.1. The normalized spacial score (nSPS) is 11.0. The molecule has 28 heavy (non-hydrogen) atoms. The first-order chi connectivity index (χ1) is 13.5. The molecule has 1 heterocycles. The number of hydrogen-bond donors (Lipinski definition) is 0. The van der Waals surface area contributed by atoms with Crippen LogP contribution in [0.3, 0.4) is 0 Å². The van der Waals surface area contributed by atoms with E-state index in [1.807, 2.05) is 30.3 Å². The first kappa shape index (κ1) is 20.1. The molecular formula is C22H24ClN3O2. The van der Waals surface area contributed by atoms with Crippen molar-refractivity contribution in [3.8, 4) is 0 Å². The van der Waals surface area contributed by atoms with Gasteiger partial charge in [-0.2, -0.15) is 5.10 Å². The molecule has 0 fully saturated rings. The van der Waals surface area contributed by atoms with Gasteiger partial charge in [-0.25, -0.2) is 4.68 Å². The van der Waals surface area contributed by atoms with E-state index in [0.717, 1.165) is 24.8 Å². The molecule has 1 amide bonds. The van der Waals surface area contributed by atoms with Crippen molar-refractivity contribution in [3.05, 3.63) is 75.2 Å². The molecule has 0 aliphatic rings. The van der Waals surface area contributed by atoms with Gasteiger partial charge in [0.2, 0.25) is 0 Å². The number of benzene rings is 2. The number of aromatic nitrogens is 2. The van der Waals surface area contributed by atoms with E-state index >= 15 is 0 Å². The summed E-state index contributed by atoms with van der Waals surface area (Å²) in [6.07, 6.45) is 2.91. The topological polar surface area (TPSA) is 55.2 Å².